The normalized spacial score (nSPS) is 16.7. The zero-order chi connectivity index (χ0) is 23.7. The number of β-amino-alcohol motifs (C(OH)–C–C–N with tert-alkyl or cyclic N) is 1. The summed E-state index contributed by atoms with van der Waals surface area (Å²) in [5.41, 5.74) is -1.27. The highest BCUT2D eigenvalue weighted by Crippen LogP contribution is 2.38. The number of sulfonamides is 1. The number of hydrogen-bond donors (Lipinski definition) is 2. The number of anilines is 2. The molecular weight excluding hydrogens is 453 g/mol. The minimum absolute atomic E-state index is 0.0828. The van der Waals surface area contributed by atoms with E-state index in [-0.39, 0.29) is 29.2 Å². The molecule has 1 aliphatic heterocycles. The Morgan fingerprint density at radius 1 is 1.19 bits per heavy atom. The minimum atomic E-state index is -4.70. The van der Waals surface area contributed by atoms with Crippen molar-refractivity contribution in [2.24, 2.45) is 0 Å². The van der Waals surface area contributed by atoms with Crippen molar-refractivity contribution in [2.45, 2.75) is 23.6 Å². The van der Waals surface area contributed by atoms with Gasteiger partial charge in [0.05, 0.1) is 42.8 Å². The summed E-state index contributed by atoms with van der Waals surface area (Å²) in [5, 5.41) is 9.80. The van der Waals surface area contributed by atoms with Crippen LogP contribution in [0.25, 0.3) is 0 Å². The van der Waals surface area contributed by atoms with E-state index in [4.69, 9.17) is 4.74 Å². The van der Waals surface area contributed by atoms with Gasteiger partial charge in [0.15, 0.2) is 0 Å². The first-order valence-electron chi connectivity index (χ1n) is 9.39. The van der Waals surface area contributed by atoms with E-state index in [0.717, 1.165) is 25.3 Å². The lowest BCUT2D eigenvalue weighted by atomic mass is 10.1. The van der Waals surface area contributed by atoms with Crippen molar-refractivity contribution in [2.75, 3.05) is 36.9 Å². The number of ether oxygens (including phenoxy) is 2. The largest absolute Gasteiger partial charge is 0.495 e. The Bertz CT molecular complexity index is 1120. The van der Waals surface area contributed by atoms with E-state index in [1.807, 2.05) is 0 Å². The molecule has 1 aliphatic rings. The molecule has 1 heterocycles. The van der Waals surface area contributed by atoms with E-state index >= 15 is 0 Å². The van der Waals surface area contributed by atoms with Gasteiger partial charge < -0.3 is 19.5 Å². The van der Waals surface area contributed by atoms with Crippen molar-refractivity contribution in [3.8, 4) is 5.75 Å². The lowest BCUT2D eigenvalue weighted by Gasteiger charge is -2.23. The number of hydrogen-bond acceptors (Lipinski definition) is 7. The Labute approximate surface area is 182 Å². The van der Waals surface area contributed by atoms with Gasteiger partial charge in [-0.1, -0.05) is 0 Å². The van der Waals surface area contributed by atoms with Gasteiger partial charge in [-0.2, -0.15) is 13.2 Å². The molecule has 1 atom stereocenters. The fraction of sp³-hybridized carbons (Fsp3) is 0.350. The molecule has 0 spiro atoms. The summed E-state index contributed by atoms with van der Waals surface area (Å²) in [6.07, 6.45) is -4.99. The number of nitrogens with one attached hydrogen (secondary N) is 1. The zero-order valence-corrected chi connectivity index (χ0v) is 18.0. The number of carbonyl (C=O) groups is 1. The molecule has 32 heavy (non-hydrogen) atoms. The van der Waals surface area contributed by atoms with Gasteiger partial charge in [-0.15, -0.1) is 0 Å². The maximum Gasteiger partial charge on any atom is 0.416 e. The molecule has 174 valence electrons. The Hall–Kier alpha value is -2.99. The molecular formula is C20H21F3N2O6S. The summed E-state index contributed by atoms with van der Waals surface area (Å²) < 4.78 is 78.0. The van der Waals surface area contributed by atoms with Crippen LogP contribution in [0, 0.1) is 0 Å². The predicted octanol–water partition coefficient (Wildman–Crippen LogP) is 2.87. The molecule has 12 heteroatoms. The van der Waals surface area contributed by atoms with E-state index in [1.54, 1.807) is 4.90 Å². The van der Waals surface area contributed by atoms with Crippen LogP contribution in [0.1, 0.15) is 22.3 Å². The molecule has 2 aromatic rings. The number of rotatable bonds is 6. The van der Waals surface area contributed by atoms with Crippen LogP contribution in [-0.2, 0) is 20.9 Å². The van der Waals surface area contributed by atoms with Gasteiger partial charge in [-0.05, 0) is 42.8 Å². The second kappa shape index (κ2) is 8.87. The van der Waals surface area contributed by atoms with Crippen LogP contribution < -0.4 is 14.4 Å². The topological polar surface area (TPSA) is 105 Å². The quantitative estimate of drug-likeness (QED) is 0.621. The SMILES string of the molecule is COC(=O)c1ccc(OC)c(S(=O)(=O)Nc2cc(C(F)(F)F)ccc2N2CC[C@H](O)C2)c1. The number of aliphatic hydroxyl groups is 1. The highest BCUT2D eigenvalue weighted by Gasteiger charge is 2.33. The average Bonchev–Trinajstić information content (AvgIpc) is 3.17. The first-order chi connectivity index (χ1) is 15.0. The third-order valence-corrected chi connectivity index (χ3v) is 6.33. The van der Waals surface area contributed by atoms with Gasteiger partial charge in [0, 0.05) is 13.1 Å². The molecule has 3 rings (SSSR count). The second-order valence-corrected chi connectivity index (χ2v) is 8.73. The summed E-state index contributed by atoms with van der Waals surface area (Å²) in [5.74, 6) is -0.912. The first kappa shape index (κ1) is 23.7. The van der Waals surface area contributed by atoms with Crippen molar-refractivity contribution in [1.29, 1.82) is 0 Å². The number of halogens is 3. The number of esters is 1. The van der Waals surface area contributed by atoms with Crippen molar-refractivity contribution >= 4 is 27.4 Å². The second-order valence-electron chi connectivity index (χ2n) is 7.08. The summed E-state index contributed by atoms with van der Waals surface area (Å²) in [6, 6.07) is 6.24. The molecule has 2 aromatic carbocycles. The van der Waals surface area contributed by atoms with E-state index in [1.165, 1.54) is 19.2 Å². The van der Waals surface area contributed by atoms with Gasteiger partial charge in [0.25, 0.3) is 10.0 Å². The third-order valence-electron chi connectivity index (χ3n) is 4.95. The standard InChI is InChI=1S/C20H21F3N2O6S/c1-30-17-6-3-12(19(27)31-2)9-18(17)32(28,29)24-15-10-13(20(21,22)23)4-5-16(15)25-8-7-14(26)11-25/h3-6,9-10,14,24,26H,7-8,11H2,1-2H3/t14-/m0/s1. The Morgan fingerprint density at radius 3 is 2.47 bits per heavy atom. The van der Waals surface area contributed by atoms with Crippen molar-refractivity contribution in [3.05, 3.63) is 47.5 Å². The van der Waals surface area contributed by atoms with Gasteiger partial charge in [-0.3, -0.25) is 4.72 Å². The Morgan fingerprint density at radius 2 is 1.91 bits per heavy atom. The summed E-state index contributed by atoms with van der Waals surface area (Å²) in [7, 11) is -2.15. The highest BCUT2D eigenvalue weighted by atomic mass is 32.2. The van der Waals surface area contributed by atoms with Crippen LogP contribution in [0.4, 0.5) is 24.5 Å². The molecule has 0 unspecified atom stereocenters. The number of carbonyl (C=O) groups excluding carboxylic acids is 1. The van der Waals surface area contributed by atoms with Gasteiger partial charge in [0.2, 0.25) is 0 Å². The predicted molar refractivity (Wildman–Crippen MR) is 109 cm³/mol. The lowest BCUT2D eigenvalue weighted by molar-refractivity contribution is -0.137. The number of alkyl halides is 3. The van der Waals surface area contributed by atoms with Crippen LogP contribution in [0.2, 0.25) is 0 Å². The number of benzene rings is 2. The monoisotopic (exact) mass is 474 g/mol. The fourth-order valence-electron chi connectivity index (χ4n) is 3.36. The van der Waals surface area contributed by atoms with Crippen molar-refractivity contribution in [3.63, 3.8) is 0 Å². The molecule has 0 amide bonds. The van der Waals surface area contributed by atoms with E-state index in [0.29, 0.717) is 19.0 Å². The smallest absolute Gasteiger partial charge is 0.416 e. The van der Waals surface area contributed by atoms with Crippen LogP contribution in [0.3, 0.4) is 0 Å². The van der Waals surface area contributed by atoms with E-state index in [9.17, 15) is 31.5 Å². The maximum absolute atomic E-state index is 13.3. The molecule has 1 saturated heterocycles. The van der Waals surface area contributed by atoms with Gasteiger partial charge in [0.1, 0.15) is 10.6 Å². The molecule has 0 saturated carbocycles. The summed E-state index contributed by atoms with van der Waals surface area (Å²) in [6.45, 7) is 0.476. The van der Waals surface area contributed by atoms with Crippen LogP contribution in [-0.4, -0.2) is 52.9 Å². The molecule has 1 fully saturated rings. The molecule has 2 N–H and O–H groups in total. The van der Waals surface area contributed by atoms with Crippen LogP contribution >= 0.6 is 0 Å². The van der Waals surface area contributed by atoms with Crippen LogP contribution in [0.5, 0.6) is 5.75 Å². The van der Waals surface area contributed by atoms with E-state index < -0.39 is 38.7 Å². The number of nitrogens with zero attached hydrogens (tertiary/aromatic N) is 1. The summed E-state index contributed by atoms with van der Waals surface area (Å²) >= 11 is 0. The highest BCUT2D eigenvalue weighted by molar-refractivity contribution is 7.92. The van der Waals surface area contributed by atoms with Gasteiger partial charge >= 0.3 is 12.1 Å². The third kappa shape index (κ3) is 4.91. The lowest BCUT2D eigenvalue weighted by Crippen LogP contribution is -2.24. The van der Waals surface area contributed by atoms with Crippen LogP contribution in [0.15, 0.2) is 41.3 Å². The average molecular weight is 474 g/mol. The van der Waals surface area contributed by atoms with Crippen molar-refractivity contribution in [1.82, 2.24) is 0 Å². The summed E-state index contributed by atoms with van der Waals surface area (Å²) in [4.78, 5) is 13.0. The zero-order valence-electron chi connectivity index (χ0n) is 17.1. The Kier molecular flexibility index (Phi) is 6.56. The molecule has 8 nitrogen and oxygen atoms in total. The minimum Gasteiger partial charge on any atom is -0.495 e. The van der Waals surface area contributed by atoms with Crippen molar-refractivity contribution < 1.29 is 41.0 Å². The molecule has 0 bridgehead atoms. The number of methoxy groups -OCH3 is 2. The van der Waals surface area contributed by atoms with Gasteiger partial charge in [-0.25, -0.2) is 13.2 Å². The molecule has 0 aliphatic carbocycles. The Balaban J connectivity index is 2.09. The molecule has 0 radical (unpaired) electrons. The fourth-order valence-corrected chi connectivity index (χ4v) is 4.62. The first-order valence-corrected chi connectivity index (χ1v) is 10.9. The molecule has 0 aromatic heterocycles. The maximum atomic E-state index is 13.3. The number of aliphatic hydroxyl groups excluding tert-OH is 1. The van der Waals surface area contributed by atoms with E-state index in [2.05, 4.69) is 9.46 Å².